The fourth-order valence-electron chi connectivity index (χ4n) is 4.21. The molecule has 0 bridgehead atoms. The molecule has 0 spiro atoms. The van der Waals surface area contributed by atoms with Crippen LogP contribution >= 0.6 is 23.5 Å². The van der Waals surface area contributed by atoms with Crippen molar-refractivity contribution < 1.29 is 9.53 Å². The molecule has 0 unspecified atom stereocenters. The number of anilines is 2. The quantitative estimate of drug-likeness (QED) is 0.384. The van der Waals surface area contributed by atoms with Crippen molar-refractivity contribution in [1.29, 1.82) is 5.26 Å². The second kappa shape index (κ2) is 10.6. The summed E-state index contributed by atoms with van der Waals surface area (Å²) >= 11 is 2.91. The molecule has 0 aromatic heterocycles. The lowest BCUT2D eigenvalue weighted by Gasteiger charge is -2.18. The molecule has 1 amide bonds. The molecule has 1 N–H and O–H groups in total. The third-order valence-electron chi connectivity index (χ3n) is 5.98. The molecule has 2 aliphatic rings. The first-order chi connectivity index (χ1) is 18.0. The van der Waals surface area contributed by atoms with Crippen molar-refractivity contribution in [3.05, 3.63) is 87.8 Å². The largest absolute Gasteiger partial charge is 0.495 e. The summed E-state index contributed by atoms with van der Waals surface area (Å²) in [4.78, 5) is 24.2. The lowest BCUT2D eigenvalue weighted by molar-refractivity contribution is -0.122. The third kappa shape index (κ3) is 4.78. The molecule has 0 saturated carbocycles. The number of carbonyl (C=O) groups is 1. The number of aliphatic imine (C=N–C) groups is 1. The van der Waals surface area contributed by atoms with Gasteiger partial charge in [-0.3, -0.25) is 9.69 Å². The van der Waals surface area contributed by atoms with E-state index in [0.717, 1.165) is 32.6 Å². The second-order valence-corrected chi connectivity index (χ2v) is 10.4. The normalized spacial score (nSPS) is 17.8. The molecule has 0 radical (unpaired) electrons. The Bertz CT molecular complexity index is 1460. The van der Waals surface area contributed by atoms with Gasteiger partial charge in [0, 0.05) is 18.5 Å². The van der Waals surface area contributed by atoms with Gasteiger partial charge in [-0.1, -0.05) is 48.2 Å². The van der Waals surface area contributed by atoms with Crippen LogP contribution in [0.25, 0.3) is 0 Å². The van der Waals surface area contributed by atoms with Crippen LogP contribution in [0.3, 0.4) is 0 Å². The molecule has 2 heterocycles. The van der Waals surface area contributed by atoms with Gasteiger partial charge in [-0.2, -0.15) is 5.26 Å². The van der Waals surface area contributed by atoms with Gasteiger partial charge < -0.3 is 15.0 Å². The van der Waals surface area contributed by atoms with Gasteiger partial charge in [0.2, 0.25) is 0 Å². The molecule has 1 saturated heterocycles. The molecule has 3 aromatic rings. The number of nitrogens with zero attached hydrogens (tertiary/aromatic N) is 4. The Labute approximate surface area is 224 Å². The number of amides is 1. The lowest BCUT2D eigenvalue weighted by atomic mass is 10.2. The van der Waals surface area contributed by atoms with Gasteiger partial charge in [0.15, 0.2) is 5.17 Å². The number of thioether (sulfide) groups is 2. The van der Waals surface area contributed by atoms with Crippen molar-refractivity contribution in [2.24, 2.45) is 4.99 Å². The smallest absolute Gasteiger partial charge is 0.269 e. The minimum absolute atomic E-state index is 0.102. The minimum atomic E-state index is -0.102. The van der Waals surface area contributed by atoms with Gasteiger partial charge in [-0.15, -0.1) is 0 Å². The molecule has 37 heavy (non-hydrogen) atoms. The summed E-state index contributed by atoms with van der Waals surface area (Å²) in [6, 6.07) is 23.3. The highest BCUT2D eigenvalue weighted by molar-refractivity contribution is 8.19. The Hall–Kier alpha value is -3.87. The third-order valence-corrected chi connectivity index (χ3v) is 8.40. The average Bonchev–Trinajstić information content (AvgIpc) is 3.41. The molecular weight excluding hydrogens is 502 g/mol. The average molecular weight is 528 g/mol. The van der Waals surface area contributed by atoms with Crippen LogP contribution in [-0.2, 0) is 11.3 Å². The van der Waals surface area contributed by atoms with Crippen LogP contribution in [0.5, 0.6) is 5.75 Å². The molecule has 186 valence electrons. The predicted molar refractivity (Wildman–Crippen MR) is 151 cm³/mol. The summed E-state index contributed by atoms with van der Waals surface area (Å²) in [5.41, 5.74) is 3.90. The fraction of sp³-hybridized carbons (Fsp3) is 0.179. The van der Waals surface area contributed by atoms with Gasteiger partial charge >= 0.3 is 0 Å². The molecule has 0 atom stereocenters. The maximum Gasteiger partial charge on any atom is 0.269 e. The minimum Gasteiger partial charge on any atom is -0.495 e. The maximum absolute atomic E-state index is 13.9. The zero-order valence-electron chi connectivity index (χ0n) is 20.7. The number of carbonyl (C=O) groups excluding carboxylic acids is 1. The van der Waals surface area contributed by atoms with E-state index in [9.17, 15) is 10.1 Å². The lowest BCUT2D eigenvalue weighted by Crippen LogP contribution is -2.29. The topological polar surface area (TPSA) is 81.0 Å². The molecule has 3 aromatic carbocycles. The van der Waals surface area contributed by atoms with Gasteiger partial charge in [0.1, 0.15) is 10.7 Å². The van der Waals surface area contributed by atoms with Crippen molar-refractivity contribution in [1.82, 2.24) is 4.90 Å². The summed E-state index contributed by atoms with van der Waals surface area (Å²) in [6.45, 7) is 3.11. The van der Waals surface area contributed by atoms with Crippen molar-refractivity contribution in [2.75, 3.05) is 30.9 Å². The van der Waals surface area contributed by atoms with E-state index in [4.69, 9.17) is 9.73 Å². The van der Waals surface area contributed by atoms with Crippen LogP contribution in [0.1, 0.15) is 18.1 Å². The predicted octanol–water partition coefficient (Wildman–Crippen LogP) is 6.17. The number of hydrogen-bond acceptors (Lipinski definition) is 8. The first-order valence-electron chi connectivity index (χ1n) is 11.8. The summed E-state index contributed by atoms with van der Waals surface area (Å²) in [5, 5.41) is 14.2. The summed E-state index contributed by atoms with van der Waals surface area (Å²) in [6.07, 6.45) is 0. The second-order valence-electron chi connectivity index (χ2n) is 8.35. The monoisotopic (exact) mass is 527 g/mol. The van der Waals surface area contributed by atoms with Crippen LogP contribution in [0, 0.1) is 11.3 Å². The molecule has 2 aliphatic heterocycles. The zero-order valence-corrected chi connectivity index (χ0v) is 22.3. The van der Waals surface area contributed by atoms with Gasteiger partial charge in [0.25, 0.3) is 5.91 Å². The SMILES string of the molecule is CCNc1ccc(C#N)cc1N=C1S/C(=C2\Sc3cccc(OC)c3N2C)C(=O)N1Cc1ccccc1. The molecule has 1 fully saturated rings. The van der Waals surface area contributed by atoms with E-state index in [1.807, 2.05) is 73.5 Å². The first kappa shape index (κ1) is 24.8. The van der Waals surface area contributed by atoms with E-state index in [-0.39, 0.29) is 5.91 Å². The standard InChI is InChI=1S/C28H25N5O2S2/c1-4-30-20-14-13-19(16-29)15-21(20)31-28-33(17-18-9-6-5-7-10-18)26(34)25(37-28)27-32(2)24-22(35-3)11-8-12-23(24)36-27/h5-15,30H,4,17H2,1-3H3/b27-25-,31-28?. The van der Waals surface area contributed by atoms with E-state index in [2.05, 4.69) is 11.4 Å². The fourth-order valence-corrected chi connectivity index (χ4v) is 6.57. The van der Waals surface area contributed by atoms with Crippen LogP contribution in [0.15, 0.2) is 86.6 Å². The highest BCUT2D eigenvalue weighted by atomic mass is 32.2. The zero-order chi connectivity index (χ0) is 25.9. The number of fused-ring (bicyclic) bond motifs is 1. The Morgan fingerprint density at radius 3 is 2.62 bits per heavy atom. The van der Waals surface area contributed by atoms with E-state index >= 15 is 0 Å². The van der Waals surface area contributed by atoms with E-state index < -0.39 is 0 Å². The Morgan fingerprint density at radius 1 is 1.08 bits per heavy atom. The molecule has 9 heteroatoms. The summed E-state index contributed by atoms with van der Waals surface area (Å²) < 4.78 is 5.59. The number of nitriles is 1. The van der Waals surface area contributed by atoms with Crippen LogP contribution < -0.4 is 15.0 Å². The number of rotatable bonds is 6. The van der Waals surface area contributed by atoms with E-state index in [1.165, 1.54) is 11.8 Å². The maximum atomic E-state index is 13.9. The molecule has 5 rings (SSSR count). The molecule has 7 nitrogen and oxygen atoms in total. The number of hydrogen-bond donors (Lipinski definition) is 1. The Kier molecular flexibility index (Phi) is 7.12. The van der Waals surface area contributed by atoms with Crippen LogP contribution in [0.4, 0.5) is 17.1 Å². The van der Waals surface area contributed by atoms with Crippen molar-refractivity contribution in [3.63, 3.8) is 0 Å². The van der Waals surface area contributed by atoms with Crippen molar-refractivity contribution >= 4 is 51.7 Å². The summed E-state index contributed by atoms with van der Waals surface area (Å²) in [5.74, 6) is 0.660. The Balaban J connectivity index is 1.60. The van der Waals surface area contributed by atoms with Crippen molar-refractivity contribution in [3.8, 4) is 11.8 Å². The number of ether oxygens (including phenoxy) is 1. The first-order valence-corrected chi connectivity index (χ1v) is 13.4. The molecule has 0 aliphatic carbocycles. The highest BCUT2D eigenvalue weighted by Crippen LogP contribution is 2.53. The van der Waals surface area contributed by atoms with Crippen LogP contribution in [0.2, 0.25) is 0 Å². The molecular formula is C28H25N5O2S2. The Morgan fingerprint density at radius 2 is 1.89 bits per heavy atom. The van der Waals surface area contributed by atoms with E-state index in [1.54, 1.807) is 35.9 Å². The van der Waals surface area contributed by atoms with Crippen molar-refractivity contribution in [2.45, 2.75) is 18.4 Å². The number of para-hydroxylation sites is 1. The highest BCUT2D eigenvalue weighted by Gasteiger charge is 2.40. The van der Waals surface area contributed by atoms with Gasteiger partial charge in [-0.05, 0) is 54.6 Å². The van der Waals surface area contributed by atoms with Crippen LogP contribution in [-0.4, -0.2) is 36.7 Å². The van der Waals surface area contributed by atoms with E-state index in [0.29, 0.717) is 34.4 Å². The number of nitrogens with one attached hydrogen (secondary N) is 1. The summed E-state index contributed by atoms with van der Waals surface area (Å²) in [7, 11) is 3.60. The van der Waals surface area contributed by atoms with Gasteiger partial charge in [0.05, 0.1) is 47.4 Å². The van der Waals surface area contributed by atoms with Gasteiger partial charge in [-0.25, -0.2) is 4.99 Å². The number of amidine groups is 1. The number of methoxy groups -OCH3 is 1. The number of benzene rings is 3.